The number of guanidine groups is 1. The van der Waals surface area contributed by atoms with Crippen LogP contribution in [0.3, 0.4) is 0 Å². The van der Waals surface area contributed by atoms with Crippen molar-refractivity contribution in [3.63, 3.8) is 0 Å². The van der Waals surface area contributed by atoms with Crippen molar-refractivity contribution in [1.29, 1.82) is 0 Å². The van der Waals surface area contributed by atoms with E-state index in [9.17, 15) is 0 Å². The Morgan fingerprint density at radius 1 is 1.21 bits per heavy atom. The number of rotatable bonds is 5. The molecule has 6 nitrogen and oxygen atoms in total. The third-order valence-corrected chi connectivity index (χ3v) is 4.45. The molecule has 3 rings (SSSR count). The molecule has 1 aromatic carbocycles. The third-order valence-electron chi connectivity index (χ3n) is 4.21. The zero-order valence-electron chi connectivity index (χ0n) is 16.1. The predicted molar refractivity (Wildman–Crippen MR) is 125 cm³/mol. The van der Waals surface area contributed by atoms with Crippen LogP contribution in [-0.2, 0) is 13.1 Å². The Balaban J connectivity index is 0.00000280. The summed E-state index contributed by atoms with van der Waals surface area (Å²) in [5.74, 6) is 2.58. The minimum Gasteiger partial charge on any atom is -0.352 e. The standard InChI is InChI=1S/C20H23ClN6.HI/c1-15-23-9-10-27(15)19-8-7-17(12-24-19)13-25-20(22-2)26(3)14-16-5-4-6-18(21)11-16;/h4-12H,13-14H2,1-3H3,(H,22,25);1H. The number of aliphatic imine (C=N–C) groups is 1. The molecule has 0 aliphatic heterocycles. The molecule has 0 bridgehead atoms. The van der Waals surface area contributed by atoms with Gasteiger partial charge in [0.25, 0.3) is 0 Å². The maximum Gasteiger partial charge on any atom is 0.193 e. The summed E-state index contributed by atoms with van der Waals surface area (Å²) in [7, 11) is 3.78. The van der Waals surface area contributed by atoms with Gasteiger partial charge in [0.15, 0.2) is 5.96 Å². The van der Waals surface area contributed by atoms with E-state index in [4.69, 9.17) is 11.6 Å². The van der Waals surface area contributed by atoms with Crippen LogP contribution in [0.2, 0.25) is 5.02 Å². The van der Waals surface area contributed by atoms with Gasteiger partial charge in [-0.3, -0.25) is 9.56 Å². The van der Waals surface area contributed by atoms with Crippen molar-refractivity contribution in [1.82, 2.24) is 24.8 Å². The summed E-state index contributed by atoms with van der Waals surface area (Å²) in [5, 5.41) is 4.11. The first-order chi connectivity index (χ1) is 13.1. The fourth-order valence-corrected chi connectivity index (χ4v) is 3.05. The van der Waals surface area contributed by atoms with Crippen molar-refractivity contribution in [2.45, 2.75) is 20.0 Å². The van der Waals surface area contributed by atoms with Gasteiger partial charge in [-0.1, -0.05) is 29.8 Å². The number of nitrogens with one attached hydrogen (secondary N) is 1. The van der Waals surface area contributed by atoms with Gasteiger partial charge in [-0.2, -0.15) is 0 Å². The van der Waals surface area contributed by atoms with Crippen LogP contribution in [0.1, 0.15) is 17.0 Å². The average molecular weight is 511 g/mol. The Hall–Kier alpha value is -2.13. The number of hydrogen-bond acceptors (Lipinski definition) is 3. The van der Waals surface area contributed by atoms with E-state index in [-0.39, 0.29) is 24.0 Å². The lowest BCUT2D eigenvalue weighted by molar-refractivity contribution is 0.476. The maximum absolute atomic E-state index is 6.07. The first kappa shape index (κ1) is 22.2. The van der Waals surface area contributed by atoms with Gasteiger partial charge in [0.05, 0.1) is 0 Å². The second kappa shape index (κ2) is 10.4. The first-order valence-corrected chi connectivity index (χ1v) is 9.06. The van der Waals surface area contributed by atoms with Crippen LogP contribution in [0.4, 0.5) is 0 Å². The number of aryl methyl sites for hydroxylation is 1. The SMILES string of the molecule is CN=C(NCc1ccc(-n2ccnc2C)nc1)N(C)Cc1cccc(Cl)c1.I. The highest BCUT2D eigenvalue weighted by Gasteiger charge is 2.08. The molecule has 0 spiro atoms. The molecular formula is C20H24ClIN6. The average Bonchev–Trinajstić information content (AvgIpc) is 3.09. The predicted octanol–water partition coefficient (Wildman–Crippen LogP) is 4.05. The Morgan fingerprint density at radius 2 is 2.04 bits per heavy atom. The zero-order chi connectivity index (χ0) is 19.2. The molecular weight excluding hydrogens is 487 g/mol. The minimum absolute atomic E-state index is 0. The Kier molecular flexibility index (Phi) is 8.25. The monoisotopic (exact) mass is 510 g/mol. The molecule has 0 aliphatic carbocycles. The molecule has 0 saturated heterocycles. The van der Waals surface area contributed by atoms with Crippen LogP contribution in [0.25, 0.3) is 5.82 Å². The van der Waals surface area contributed by atoms with Gasteiger partial charge in [-0.25, -0.2) is 9.97 Å². The van der Waals surface area contributed by atoms with Crippen LogP contribution in [-0.4, -0.2) is 39.5 Å². The molecule has 2 aromatic heterocycles. The topological polar surface area (TPSA) is 58.3 Å². The minimum atomic E-state index is 0. The van der Waals surface area contributed by atoms with Crippen molar-refractivity contribution < 1.29 is 0 Å². The van der Waals surface area contributed by atoms with Gasteiger partial charge in [-0.15, -0.1) is 24.0 Å². The Labute approximate surface area is 187 Å². The number of pyridine rings is 1. The molecule has 0 amide bonds. The molecule has 0 unspecified atom stereocenters. The summed E-state index contributed by atoms with van der Waals surface area (Å²) in [6.07, 6.45) is 5.54. The summed E-state index contributed by atoms with van der Waals surface area (Å²) in [5.41, 5.74) is 2.21. The quantitative estimate of drug-likeness (QED) is 0.320. The zero-order valence-corrected chi connectivity index (χ0v) is 19.2. The summed E-state index contributed by atoms with van der Waals surface area (Å²) in [6, 6.07) is 11.9. The van der Waals surface area contributed by atoms with Crippen molar-refractivity contribution >= 4 is 41.5 Å². The lowest BCUT2D eigenvalue weighted by atomic mass is 10.2. The van der Waals surface area contributed by atoms with Crippen molar-refractivity contribution in [2.75, 3.05) is 14.1 Å². The number of aromatic nitrogens is 3. The Bertz CT molecular complexity index is 922. The first-order valence-electron chi connectivity index (χ1n) is 8.68. The lowest BCUT2D eigenvalue weighted by Crippen LogP contribution is -2.38. The molecule has 0 aliphatic rings. The van der Waals surface area contributed by atoms with Crippen LogP contribution in [0, 0.1) is 6.92 Å². The molecule has 1 N–H and O–H groups in total. The van der Waals surface area contributed by atoms with Gasteiger partial charge < -0.3 is 10.2 Å². The summed E-state index contributed by atoms with van der Waals surface area (Å²) < 4.78 is 1.95. The van der Waals surface area contributed by atoms with E-state index >= 15 is 0 Å². The molecule has 148 valence electrons. The Morgan fingerprint density at radius 3 is 2.64 bits per heavy atom. The van der Waals surface area contributed by atoms with Gasteiger partial charge in [0.2, 0.25) is 0 Å². The molecule has 0 atom stereocenters. The van der Waals surface area contributed by atoms with Crippen LogP contribution in [0.15, 0.2) is 60.0 Å². The number of nitrogens with zero attached hydrogens (tertiary/aromatic N) is 5. The second-order valence-electron chi connectivity index (χ2n) is 6.26. The smallest absolute Gasteiger partial charge is 0.193 e. The number of hydrogen-bond donors (Lipinski definition) is 1. The number of benzene rings is 1. The van der Waals surface area contributed by atoms with Crippen LogP contribution < -0.4 is 5.32 Å². The fraction of sp³-hybridized carbons (Fsp3) is 0.250. The number of halogens is 2. The van der Waals surface area contributed by atoms with Crippen LogP contribution in [0.5, 0.6) is 0 Å². The third kappa shape index (κ3) is 5.68. The van der Waals surface area contributed by atoms with E-state index in [1.165, 1.54) is 0 Å². The van der Waals surface area contributed by atoms with E-state index in [0.717, 1.165) is 40.3 Å². The van der Waals surface area contributed by atoms with Crippen molar-refractivity contribution in [3.05, 3.63) is 77.0 Å². The summed E-state index contributed by atoms with van der Waals surface area (Å²) in [6.45, 7) is 3.32. The van der Waals surface area contributed by atoms with Gasteiger partial charge in [0.1, 0.15) is 11.6 Å². The van der Waals surface area contributed by atoms with Crippen LogP contribution >= 0.6 is 35.6 Å². The largest absolute Gasteiger partial charge is 0.352 e. The highest BCUT2D eigenvalue weighted by molar-refractivity contribution is 14.0. The molecule has 0 radical (unpaired) electrons. The molecule has 3 aromatic rings. The lowest BCUT2D eigenvalue weighted by Gasteiger charge is -2.22. The molecule has 0 fully saturated rings. The highest BCUT2D eigenvalue weighted by atomic mass is 127. The summed E-state index contributed by atoms with van der Waals surface area (Å²) in [4.78, 5) is 15.2. The molecule has 8 heteroatoms. The molecule has 0 saturated carbocycles. The highest BCUT2D eigenvalue weighted by Crippen LogP contribution is 2.12. The van der Waals surface area contributed by atoms with Crippen molar-refractivity contribution in [3.8, 4) is 5.82 Å². The van der Waals surface area contributed by atoms with Crippen molar-refractivity contribution in [2.24, 2.45) is 4.99 Å². The van der Waals surface area contributed by atoms with E-state index in [2.05, 4.69) is 37.3 Å². The van der Waals surface area contributed by atoms with E-state index in [1.54, 1.807) is 13.2 Å². The normalized spacial score (nSPS) is 11.1. The second-order valence-corrected chi connectivity index (χ2v) is 6.69. The molecule has 28 heavy (non-hydrogen) atoms. The summed E-state index contributed by atoms with van der Waals surface area (Å²) >= 11 is 6.07. The fourth-order valence-electron chi connectivity index (χ4n) is 2.83. The van der Waals surface area contributed by atoms with E-state index in [0.29, 0.717) is 6.54 Å². The van der Waals surface area contributed by atoms with Gasteiger partial charge in [-0.05, 0) is 36.2 Å². The van der Waals surface area contributed by atoms with E-state index in [1.807, 2.05) is 55.2 Å². The van der Waals surface area contributed by atoms with Gasteiger partial charge >= 0.3 is 0 Å². The van der Waals surface area contributed by atoms with E-state index < -0.39 is 0 Å². The molecule has 2 heterocycles. The number of imidazole rings is 1. The maximum atomic E-state index is 6.07. The van der Waals surface area contributed by atoms with Gasteiger partial charge in [0, 0.05) is 50.8 Å².